The minimum atomic E-state index is -0.605. The predicted molar refractivity (Wildman–Crippen MR) is 68.4 cm³/mol. The number of para-hydroxylation sites is 1. The zero-order valence-corrected chi connectivity index (χ0v) is 9.93. The molecule has 0 saturated heterocycles. The minimum absolute atomic E-state index is 0.0115. The van der Waals surface area contributed by atoms with Crippen LogP contribution in [0.2, 0.25) is 0 Å². The molecule has 1 aliphatic rings. The van der Waals surface area contributed by atoms with Crippen LogP contribution in [-0.2, 0) is 9.53 Å². The predicted octanol–water partition coefficient (Wildman–Crippen LogP) is 2.47. The van der Waals surface area contributed by atoms with E-state index in [1.54, 1.807) is 13.0 Å². The van der Waals surface area contributed by atoms with Gasteiger partial charge in [-0.05, 0) is 24.6 Å². The molecule has 90 valence electrons. The molecule has 0 saturated carbocycles. The number of nitrogens with zero attached hydrogens (tertiary/aromatic N) is 1. The number of allylic oxidation sites excluding steroid dienone is 1. The highest BCUT2D eigenvalue weighted by Crippen LogP contribution is 2.25. The zero-order valence-electron chi connectivity index (χ0n) is 9.93. The van der Waals surface area contributed by atoms with Gasteiger partial charge in [0.1, 0.15) is 6.07 Å². The van der Waals surface area contributed by atoms with E-state index in [4.69, 9.17) is 10.00 Å². The molecular formula is C14H12N2O2. The molecule has 1 aromatic carbocycles. The lowest BCUT2D eigenvalue weighted by atomic mass is 10.1. The van der Waals surface area contributed by atoms with Crippen LogP contribution in [0.1, 0.15) is 12.5 Å². The molecule has 1 aliphatic heterocycles. The molecule has 0 bridgehead atoms. The van der Waals surface area contributed by atoms with Gasteiger partial charge in [-0.25, -0.2) is 4.79 Å². The van der Waals surface area contributed by atoms with Gasteiger partial charge in [-0.2, -0.15) is 5.26 Å². The molecule has 4 nitrogen and oxygen atoms in total. The van der Waals surface area contributed by atoms with Gasteiger partial charge in [0, 0.05) is 5.69 Å². The average molecular weight is 240 g/mol. The van der Waals surface area contributed by atoms with E-state index in [0.29, 0.717) is 5.70 Å². The third-order valence-electron chi connectivity index (χ3n) is 2.52. The van der Waals surface area contributed by atoms with E-state index in [-0.39, 0.29) is 12.2 Å². The Bertz CT molecular complexity index is 580. The maximum absolute atomic E-state index is 11.6. The number of hydrogen-bond donors (Lipinski definition) is 1. The lowest BCUT2D eigenvalue weighted by Crippen LogP contribution is -2.13. The summed E-state index contributed by atoms with van der Waals surface area (Å²) in [5.74, 6) is -0.605. The Kier molecular flexibility index (Phi) is 3.44. The molecule has 1 heterocycles. The Morgan fingerprint density at radius 1 is 1.39 bits per heavy atom. The lowest BCUT2D eigenvalue weighted by Gasteiger charge is -2.16. The fourth-order valence-corrected chi connectivity index (χ4v) is 1.68. The third kappa shape index (κ3) is 2.25. The fourth-order valence-electron chi connectivity index (χ4n) is 1.68. The van der Waals surface area contributed by atoms with Crippen molar-refractivity contribution in [3.05, 3.63) is 47.2 Å². The molecule has 18 heavy (non-hydrogen) atoms. The summed E-state index contributed by atoms with van der Waals surface area (Å²) in [6, 6.07) is 9.53. The van der Waals surface area contributed by atoms with Crippen molar-refractivity contribution in [2.24, 2.45) is 0 Å². The highest BCUT2D eigenvalue weighted by molar-refractivity contribution is 5.96. The number of hydrogen-bond acceptors (Lipinski definition) is 4. The van der Waals surface area contributed by atoms with Crippen molar-refractivity contribution < 1.29 is 9.53 Å². The summed E-state index contributed by atoms with van der Waals surface area (Å²) in [4.78, 5) is 11.6. The quantitative estimate of drug-likeness (QED) is 0.490. The standard InChI is InChI=1S/C14H12N2O2/c1-2-18-14(17)11(9-15)13-8-7-10-5-3-4-6-12(10)16-13/h3-8,16H,2H2,1H3/b13-11+. The number of anilines is 1. The van der Waals surface area contributed by atoms with Gasteiger partial charge in [0.2, 0.25) is 0 Å². The number of esters is 1. The van der Waals surface area contributed by atoms with Crippen molar-refractivity contribution >= 4 is 17.7 Å². The van der Waals surface area contributed by atoms with Gasteiger partial charge in [0.15, 0.2) is 5.57 Å². The second-order valence-electron chi connectivity index (χ2n) is 3.67. The second-order valence-corrected chi connectivity index (χ2v) is 3.67. The molecule has 0 radical (unpaired) electrons. The Hall–Kier alpha value is -2.54. The second kappa shape index (κ2) is 5.19. The van der Waals surface area contributed by atoms with Crippen molar-refractivity contribution in [2.75, 3.05) is 11.9 Å². The number of nitriles is 1. The molecule has 4 heteroatoms. The number of ether oxygens (including phenoxy) is 1. The topological polar surface area (TPSA) is 62.1 Å². The van der Waals surface area contributed by atoms with Crippen LogP contribution >= 0.6 is 0 Å². The van der Waals surface area contributed by atoms with Gasteiger partial charge in [-0.15, -0.1) is 0 Å². The van der Waals surface area contributed by atoms with Gasteiger partial charge < -0.3 is 10.1 Å². The summed E-state index contributed by atoms with van der Waals surface area (Å²) >= 11 is 0. The summed E-state index contributed by atoms with van der Waals surface area (Å²) in [7, 11) is 0. The number of carbonyl (C=O) groups excluding carboxylic acids is 1. The van der Waals surface area contributed by atoms with E-state index in [1.807, 2.05) is 36.4 Å². The smallest absolute Gasteiger partial charge is 0.351 e. The normalized spacial score (nSPS) is 15.1. The monoisotopic (exact) mass is 240 g/mol. The number of rotatable bonds is 2. The molecule has 0 amide bonds. The van der Waals surface area contributed by atoms with Gasteiger partial charge >= 0.3 is 5.97 Å². The molecule has 2 rings (SSSR count). The molecule has 0 aromatic heterocycles. The minimum Gasteiger partial charge on any atom is -0.462 e. The van der Waals surface area contributed by atoms with E-state index >= 15 is 0 Å². The third-order valence-corrected chi connectivity index (χ3v) is 2.52. The van der Waals surface area contributed by atoms with Crippen LogP contribution in [0.5, 0.6) is 0 Å². The van der Waals surface area contributed by atoms with Crippen molar-refractivity contribution in [3.63, 3.8) is 0 Å². The van der Waals surface area contributed by atoms with Gasteiger partial charge in [0.25, 0.3) is 0 Å². The highest BCUT2D eigenvalue weighted by Gasteiger charge is 2.17. The molecule has 0 spiro atoms. The van der Waals surface area contributed by atoms with E-state index in [1.165, 1.54) is 0 Å². The van der Waals surface area contributed by atoms with Crippen molar-refractivity contribution in [1.82, 2.24) is 0 Å². The summed E-state index contributed by atoms with van der Waals surface area (Å²) in [6.07, 6.45) is 3.57. The first kappa shape index (κ1) is 11.9. The van der Waals surface area contributed by atoms with Crippen molar-refractivity contribution in [1.29, 1.82) is 5.26 Å². The zero-order chi connectivity index (χ0) is 13.0. The van der Waals surface area contributed by atoms with E-state index in [0.717, 1.165) is 11.3 Å². The Morgan fingerprint density at radius 3 is 2.89 bits per heavy atom. The first-order valence-corrected chi connectivity index (χ1v) is 5.62. The maximum atomic E-state index is 11.6. The van der Waals surface area contributed by atoms with Gasteiger partial charge in [0.05, 0.1) is 12.3 Å². The molecule has 1 N–H and O–H groups in total. The van der Waals surface area contributed by atoms with Crippen LogP contribution in [0.3, 0.4) is 0 Å². The van der Waals surface area contributed by atoms with Crippen LogP contribution in [0.15, 0.2) is 41.6 Å². The summed E-state index contributed by atoms with van der Waals surface area (Å²) in [6.45, 7) is 1.95. The van der Waals surface area contributed by atoms with Crippen molar-refractivity contribution in [2.45, 2.75) is 6.92 Å². The number of fused-ring (bicyclic) bond motifs is 1. The molecule has 0 fully saturated rings. The van der Waals surface area contributed by atoms with Crippen LogP contribution in [0.25, 0.3) is 6.08 Å². The SMILES string of the molecule is CCOC(=O)/C(C#N)=C1\C=Cc2ccccc2N1. The van der Waals surface area contributed by atoms with Crippen LogP contribution < -0.4 is 5.32 Å². The highest BCUT2D eigenvalue weighted by atomic mass is 16.5. The Labute approximate surface area is 105 Å². The van der Waals surface area contributed by atoms with Crippen LogP contribution in [-0.4, -0.2) is 12.6 Å². The molecule has 1 aromatic rings. The first-order valence-electron chi connectivity index (χ1n) is 5.62. The number of benzene rings is 1. The Morgan fingerprint density at radius 2 is 2.17 bits per heavy atom. The lowest BCUT2D eigenvalue weighted by molar-refractivity contribution is -0.138. The Balaban J connectivity index is 2.37. The largest absolute Gasteiger partial charge is 0.462 e. The average Bonchev–Trinajstić information content (AvgIpc) is 2.40. The number of carbonyl (C=O) groups is 1. The van der Waals surface area contributed by atoms with Gasteiger partial charge in [-0.3, -0.25) is 0 Å². The summed E-state index contributed by atoms with van der Waals surface area (Å²) in [5, 5.41) is 12.1. The molecule has 0 atom stereocenters. The molecule has 0 aliphatic carbocycles. The number of nitrogens with one attached hydrogen (secondary N) is 1. The summed E-state index contributed by atoms with van der Waals surface area (Å²) in [5.41, 5.74) is 2.34. The summed E-state index contributed by atoms with van der Waals surface area (Å²) < 4.78 is 4.84. The van der Waals surface area contributed by atoms with Crippen LogP contribution in [0.4, 0.5) is 5.69 Å². The maximum Gasteiger partial charge on any atom is 0.351 e. The van der Waals surface area contributed by atoms with Crippen molar-refractivity contribution in [3.8, 4) is 6.07 Å². The van der Waals surface area contributed by atoms with Crippen LogP contribution in [0, 0.1) is 11.3 Å². The molecular weight excluding hydrogens is 228 g/mol. The van der Waals surface area contributed by atoms with E-state index in [2.05, 4.69) is 5.32 Å². The fraction of sp³-hybridized carbons (Fsp3) is 0.143. The van der Waals surface area contributed by atoms with E-state index < -0.39 is 5.97 Å². The van der Waals surface area contributed by atoms with E-state index in [9.17, 15) is 4.79 Å². The molecule has 0 unspecified atom stereocenters. The van der Waals surface area contributed by atoms with Gasteiger partial charge in [-0.1, -0.05) is 24.3 Å². The first-order chi connectivity index (χ1) is 8.76.